The van der Waals surface area contributed by atoms with E-state index >= 15 is 0 Å². The van der Waals surface area contributed by atoms with Gasteiger partial charge in [-0.3, -0.25) is 4.79 Å². The molecule has 1 aliphatic rings. The number of methoxy groups -OCH3 is 1. The summed E-state index contributed by atoms with van der Waals surface area (Å²) in [5.74, 6) is -0.247. The normalized spacial score (nSPS) is 15.6. The van der Waals surface area contributed by atoms with Crippen LogP contribution in [0.15, 0.2) is 29.6 Å². The van der Waals surface area contributed by atoms with Crippen molar-refractivity contribution >= 4 is 23.2 Å². The van der Waals surface area contributed by atoms with Gasteiger partial charge in [0.25, 0.3) is 0 Å². The molecule has 138 valence electrons. The van der Waals surface area contributed by atoms with Crippen molar-refractivity contribution in [3.8, 4) is 5.75 Å². The second-order valence-electron chi connectivity index (χ2n) is 6.46. The van der Waals surface area contributed by atoms with E-state index in [2.05, 4.69) is 10.3 Å². The third-order valence-electron chi connectivity index (χ3n) is 4.91. The summed E-state index contributed by atoms with van der Waals surface area (Å²) in [6, 6.07) is 7.75. The maximum absolute atomic E-state index is 13.0. The van der Waals surface area contributed by atoms with Gasteiger partial charge in [0.1, 0.15) is 5.75 Å². The summed E-state index contributed by atoms with van der Waals surface area (Å²) in [5.41, 5.74) is 0.540. The average molecular weight is 374 g/mol. The highest BCUT2D eigenvalue weighted by molar-refractivity contribution is 7.09. The van der Waals surface area contributed by atoms with Gasteiger partial charge in [0.15, 0.2) is 5.69 Å². The smallest absolute Gasteiger partial charge is 0.355 e. The Labute approximate surface area is 156 Å². The Morgan fingerprint density at radius 3 is 2.77 bits per heavy atom. The van der Waals surface area contributed by atoms with Crippen LogP contribution in [0.5, 0.6) is 5.75 Å². The molecule has 26 heavy (non-hydrogen) atoms. The topological polar surface area (TPSA) is 88.5 Å². The van der Waals surface area contributed by atoms with Gasteiger partial charge in [-0.1, -0.05) is 25.0 Å². The number of carbonyl (C=O) groups excluding carboxylic acids is 1. The van der Waals surface area contributed by atoms with Crippen molar-refractivity contribution in [3.63, 3.8) is 0 Å². The van der Waals surface area contributed by atoms with Crippen molar-refractivity contribution in [2.45, 2.75) is 37.5 Å². The van der Waals surface area contributed by atoms with E-state index in [4.69, 9.17) is 9.84 Å². The zero-order valence-electron chi connectivity index (χ0n) is 14.7. The lowest BCUT2D eigenvalue weighted by Gasteiger charge is -2.28. The molecule has 3 rings (SSSR count). The monoisotopic (exact) mass is 374 g/mol. The van der Waals surface area contributed by atoms with Crippen LogP contribution in [0.25, 0.3) is 0 Å². The molecule has 0 aliphatic heterocycles. The number of carboxylic acids is 1. The highest BCUT2D eigenvalue weighted by atomic mass is 32.1. The molecule has 0 bridgehead atoms. The minimum Gasteiger partial charge on any atom is -0.497 e. The summed E-state index contributed by atoms with van der Waals surface area (Å²) in [5, 5.41) is 14.2. The fourth-order valence-electron chi connectivity index (χ4n) is 3.52. The Balaban J connectivity index is 1.67. The zero-order valence-corrected chi connectivity index (χ0v) is 15.5. The second kappa shape index (κ2) is 7.86. The predicted octanol–water partition coefficient (Wildman–Crippen LogP) is 3.02. The van der Waals surface area contributed by atoms with E-state index < -0.39 is 11.4 Å². The van der Waals surface area contributed by atoms with Crippen LogP contribution in [0.3, 0.4) is 0 Å². The fraction of sp³-hybridized carbons (Fsp3) is 0.421. The van der Waals surface area contributed by atoms with Gasteiger partial charge >= 0.3 is 5.97 Å². The molecule has 1 aromatic heterocycles. The minimum absolute atomic E-state index is 0.0262. The largest absolute Gasteiger partial charge is 0.497 e. The Bertz CT molecular complexity index is 796. The molecule has 7 heteroatoms. The van der Waals surface area contributed by atoms with Crippen molar-refractivity contribution in [1.29, 1.82) is 0 Å². The van der Waals surface area contributed by atoms with E-state index in [-0.39, 0.29) is 11.6 Å². The number of hydrogen-bond acceptors (Lipinski definition) is 5. The molecule has 1 heterocycles. The molecule has 0 unspecified atom stereocenters. The van der Waals surface area contributed by atoms with Gasteiger partial charge < -0.3 is 15.2 Å². The molecule has 1 saturated carbocycles. The Morgan fingerprint density at radius 1 is 1.35 bits per heavy atom. The van der Waals surface area contributed by atoms with Crippen molar-refractivity contribution < 1.29 is 19.4 Å². The van der Waals surface area contributed by atoms with Gasteiger partial charge in [0.05, 0.1) is 17.5 Å². The average Bonchev–Trinajstić information content (AvgIpc) is 3.32. The molecule has 2 N–H and O–H groups in total. The summed E-state index contributed by atoms with van der Waals surface area (Å²) < 4.78 is 5.31. The fourth-order valence-corrected chi connectivity index (χ4v) is 4.29. The molecule has 1 aliphatic carbocycles. The van der Waals surface area contributed by atoms with Crippen molar-refractivity contribution in [2.75, 3.05) is 13.7 Å². The van der Waals surface area contributed by atoms with Crippen LogP contribution in [0.2, 0.25) is 0 Å². The van der Waals surface area contributed by atoms with Crippen LogP contribution in [-0.4, -0.2) is 35.6 Å². The van der Waals surface area contributed by atoms with Gasteiger partial charge in [0, 0.05) is 18.3 Å². The lowest BCUT2D eigenvalue weighted by atomic mass is 9.78. The third-order valence-corrected chi connectivity index (χ3v) is 5.82. The molecular weight excluding hydrogens is 352 g/mol. The Hall–Kier alpha value is -2.41. The van der Waals surface area contributed by atoms with Crippen LogP contribution < -0.4 is 10.1 Å². The number of ether oxygens (including phenoxy) is 1. The van der Waals surface area contributed by atoms with E-state index in [1.54, 1.807) is 7.11 Å². The highest BCUT2D eigenvalue weighted by Crippen LogP contribution is 2.42. The van der Waals surface area contributed by atoms with E-state index in [1.165, 1.54) is 16.7 Å². The SMILES string of the molecule is COc1cccc(C2(C(=O)NCCc3nc(C(=O)O)cs3)CCCC2)c1. The minimum atomic E-state index is -1.03. The first-order chi connectivity index (χ1) is 12.5. The third kappa shape index (κ3) is 3.72. The molecule has 1 aromatic carbocycles. The predicted molar refractivity (Wildman–Crippen MR) is 98.9 cm³/mol. The highest BCUT2D eigenvalue weighted by Gasteiger charge is 2.42. The molecule has 6 nitrogen and oxygen atoms in total. The number of rotatable bonds is 7. The summed E-state index contributed by atoms with van der Waals surface area (Å²) in [6.07, 6.45) is 4.23. The first-order valence-corrected chi connectivity index (χ1v) is 9.54. The van der Waals surface area contributed by atoms with Crippen LogP contribution in [0.1, 0.15) is 46.7 Å². The lowest BCUT2D eigenvalue weighted by molar-refractivity contribution is -0.126. The van der Waals surface area contributed by atoms with Crippen LogP contribution in [-0.2, 0) is 16.6 Å². The summed E-state index contributed by atoms with van der Waals surface area (Å²) >= 11 is 1.30. The number of aromatic carboxylic acids is 1. The van der Waals surface area contributed by atoms with E-state index in [0.29, 0.717) is 18.0 Å². The number of nitrogens with zero attached hydrogens (tertiary/aromatic N) is 1. The molecule has 1 fully saturated rings. The van der Waals surface area contributed by atoms with Gasteiger partial charge in [-0.05, 0) is 30.5 Å². The van der Waals surface area contributed by atoms with Crippen LogP contribution >= 0.6 is 11.3 Å². The van der Waals surface area contributed by atoms with Crippen molar-refractivity contribution in [3.05, 3.63) is 45.9 Å². The molecular formula is C19H22N2O4S. The van der Waals surface area contributed by atoms with Crippen LogP contribution in [0.4, 0.5) is 0 Å². The Kier molecular flexibility index (Phi) is 5.56. The molecule has 2 aromatic rings. The number of hydrogen-bond donors (Lipinski definition) is 2. The first-order valence-electron chi connectivity index (χ1n) is 8.66. The number of thiazole rings is 1. The standard InChI is InChI=1S/C19H22N2O4S/c1-25-14-6-4-5-13(11-14)19(8-2-3-9-19)18(24)20-10-7-16-21-15(12-26-16)17(22)23/h4-6,11-12H,2-3,7-10H2,1H3,(H,20,24)(H,22,23). The summed E-state index contributed by atoms with van der Waals surface area (Å²) in [4.78, 5) is 27.9. The van der Waals surface area contributed by atoms with E-state index in [9.17, 15) is 9.59 Å². The number of carboxylic acid groups (broad SMARTS) is 1. The summed E-state index contributed by atoms with van der Waals surface area (Å²) in [7, 11) is 1.62. The van der Waals surface area contributed by atoms with Gasteiger partial charge in [-0.15, -0.1) is 11.3 Å². The maximum atomic E-state index is 13.0. The molecule has 0 saturated heterocycles. The molecule has 0 atom stereocenters. The number of benzene rings is 1. The number of aromatic nitrogens is 1. The maximum Gasteiger partial charge on any atom is 0.355 e. The van der Waals surface area contributed by atoms with E-state index in [0.717, 1.165) is 37.0 Å². The molecule has 0 radical (unpaired) electrons. The molecule has 0 spiro atoms. The van der Waals surface area contributed by atoms with Gasteiger partial charge in [-0.2, -0.15) is 0 Å². The van der Waals surface area contributed by atoms with Gasteiger partial charge in [-0.25, -0.2) is 9.78 Å². The van der Waals surface area contributed by atoms with Gasteiger partial charge in [0.2, 0.25) is 5.91 Å². The second-order valence-corrected chi connectivity index (χ2v) is 7.40. The number of amides is 1. The Morgan fingerprint density at radius 2 is 2.12 bits per heavy atom. The van der Waals surface area contributed by atoms with E-state index in [1.807, 2.05) is 24.3 Å². The lowest BCUT2D eigenvalue weighted by Crippen LogP contribution is -2.43. The van der Waals surface area contributed by atoms with Crippen molar-refractivity contribution in [2.24, 2.45) is 0 Å². The number of nitrogens with one attached hydrogen (secondary N) is 1. The number of carbonyl (C=O) groups is 2. The molecule has 1 amide bonds. The first kappa shape index (κ1) is 18.4. The zero-order chi connectivity index (χ0) is 18.6. The quantitative estimate of drug-likeness (QED) is 0.778. The van der Waals surface area contributed by atoms with Crippen LogP contribution in [0, 0.1) is 0 Å². The van der Waals surface area contributed by atoms with Crippen molar-refractivity contribution in [1.82, 2.24) is 10.3 Å². The summed E-state index contributed by atoms with van der Waals surface area (Å²) in [6.45, 7) is 0.442.